The average Bonchev–Trinajstić information content (AvgIpc) is 2.55. The van der Waals surface area contributed by atoms with Crippen molar-refractivity contribution >= 4 is 11.9 Å². The second-order valence-corrected chi connectivity index (χ2v) is 5.50. The van der Waals surface area contributed by atoms with E-state index in [9.17, 15) is 14.0 Å². The smallest absolute Gasteiger partial charge is 0.325 e. The van der Waals surface area contributed by atoms with Crippen LogP contribution in [-0.4, -0.2) is 25.0 Å². The third-order valence-corrected chi connectivity index (χ3v) is 3.52. The van der Waals surface area contributed by atoms with Crippen LogP contribution in [-0.2, 0) is 9.53 Å². The third-order valence-electron chi connectivity index (χ3n) is 3.52. The molecular weight excluding hydrogens is 297 g/mol. The highest BCUT2D eigenvalue weighted by Crippen LogP contribution is 2.07. The van der Waals surface area contributed by atoms with Gasteiger partial charge in [0, 0.05) is 0 Å². The number of carbonyl (C=O) groups excluding carboxylic acids is 2. The summed E-state index contributed by atoms with van der Waals surface area (Å²) in [6.45, 7) is 2.30. The summed E-state index contributed by atoms with van der Waals surface area (Å²) in [7, 11) is 0. The van der Waals surface area contributed by atoms with E-state index in [1.165, 1.54) is 43.9 Å². The number of unbranched alkanes of at least 4 members (excludes halogenated alkanes) is 6. The third kappa shape index (κ3) is 8.33. The monoisotopic (exact) mass is 323 g/mol. The summed E-state index contributed by atoms with van der Waals surface area (Å²) in [5.74, 6) is -1.72. The van der Waals surface area contributed by atoms with Crippen molar-refractivity contribution in [2.45, 2.75) is 51.9 Å². The van der Waals surface area contributed by atoms with Gasteiger partial charge < -0.3 is 10.1 Å². The lowest BCUT2D eigenvalue weighted by atomic mass is 10.1. The fraction of sp³-hybridized carbons (Fsp3) is 0.556. The maximum atomic E-state index is 13.4. The Morgan fingerprint density at radius 3 is 2.39 bits per heavy atom. The molecule has 0 aliphatic heterocycles. The van der Waals surface area contributed by atoms with Gasteiger partial charge in [-0.25, -0.2) is 4.39 Å². The standard InChI is InChI=1S/C18H26FNO3/c1-2-3-4-5-6-7-10-13-23-17(21)14-20-18(22)15-11-8-9-12-16(15)19/h8-9,11-12H,2-7,10,13-14H2,1H3,(H,20,22). The summed E-state index contributed by atoms with van der Waals surface area (Å²) in [5.41, 5.74) is -0.0765. The van der Waals surface area contributed by atoms with Crippen molar-refractivity contribution in [3.8, 4) is 0 Å². The lowest BCUT2D eigenvalue weighted by Gasteiger charge is -2.07. The van der Waals surface area contributed by atoms with Crippen LogP contribution in [0.5, 0.6) is 0 Å². The minimum Gasteiger partial charge on any atom is -0.464 e. The number of benzene rings is 1. The van der Waals surface area contributed by atoms with Crippen LogP contribution in [0.1, 0.15) is 62.2 Å². The molecule has 0 radical (unpaired) electrons. The number of hydrogen-bond acceptors (Lipinski definition) is 3. The summed E-state index contributed by atoms with van der Waals surface area (Å²) in [4.78, 5) is 23.2. The Balaban J connectivity index is 2.08. The Bertz CT molecular complexity index is 491. The summed E-state index contributed by atoms with van der Waals surface area (Å²) in [6.07, 6.45) is 8.02. The van der Waals surface area contributed by atoms with Crippen LogP contribution in [0.2, 0.25) is 0 Å². The molecule has 0 saturated carbocycles. The Hall–Kier alpha value is -1.91. The second kappa shape index (κ2) is 11.6. The van der Waals surface area contributed by atoms with Gasteiger partial charge in [-0.1, -0.05) is 57.6 Å². The molecule has 0 fully saturated rings. The molecule has 128 valence electrons. The van der Waals surface area contributed by atoms with Crippen molar-refractivity contribution in [2.24, 2.45) is 0 Å². The first kappa shape index (κ1) is 19.1. The normalized spacial score (nSPS) is 10.3. The molecule has 0 aliphatic carbocycles. The summed E-state index contributed by atoms with van der Waals surface area (Å²) < 4.78 is 18.4. The van der Waals surface area contributed by atoms with E-state index >= 15 is 0 Å². The van der Waals surface area contributed by atoms with Crippen molar-refractivity contribution in [3.05, 3.63) is 35.6 Å². The van der Waals surface area contributed by atoms with E-state index in [1.807, 2.05) is 0 Å². The Morgan fingerprint density at radius 1 is 1.04 bits per heavy atom. The molecule has 0 heterocycles. The molecule has 1 N–H and O–H groups in total. The zero-order valence-electron chi connectivity index (χ0n) is 13.8. The number of halogens is 1. The molecular formula is C18H26FNO3. The number of rotatable bonds is 11. The lowest BCUT2D eigenvalue weighted by molar-refractivity contribution is -0.142. The molecule has 0 bridgehead atoms. The van der Waals surface area contributed by atoms with Crippen LogP contribution in [0, 0.1) is 5.82 Å². The van der Waals surface area contributed by atoms with Gasteiger partial charge in [-0.05, 0) is 18.6 Å². The van der Waals surface area contributed by atoms with Crippen molar-refractivity contribution in [2.75, 3.05) is 13.2 Å². The molecule has 1 aromatic carbocycles. The van der Waals surface area contributed by atoms with Gasteiger partial charge in [-0.15, -0.1) is 0 Å². The van der Waals surface area contributed by atoms with Gasteiger partial charge in [0.05, 0.1) is 12.2 Å². The largest absolute Gasteiger partial charge is 0.464 e. The minimum atomic E-state index is -0.615. The van der Waals surface area contributed by atoms with Crippen molar-refractivity contribution in [1.82, 2.24) is 5.32 Å². The van der Waals surface area contributed by atoms with Crippen LogP contribution in [0.4, 0.5) is 4.39 Å². The van der Waals surface area contributed by atoms with Gasteiger partial charge in [-0.2, -0.15) is 0 Å². The maximum absolute atomic E-state index is 13.4. The van der Waals surface area contributed by atoms with Gasteiger partial charge in [0.15, 0.2) is 0 Å². The molecule has 0 aromatic heterocycles. The van der Waals surface area contributed by atoms with E-state index in [2.05, 4.69) is 12.2 Å². The predicted octanol–water partition coefficient (Wildman–Crippen LogP) is 3.85. The van der Waals surface area contributed by atoms with Crippen LogP contribution in [0.3, 0.4) is 0 Å². The van der Waals surface area contributed by atoms with E-state index in [-0.39, 0.29) is 12.1 Å². The number of hydrogen-bond donors (Lipinski definition) is 1. The number of esters is 1. The Labute approximate surface area is 137 Å². The van der Waals surface area contributed by atoms with Gasteiger partial charge in [0.1, 0.15) is 12.4 Å². The number of nitrogens with one attached hydrogen (secondary N) is 1. The van der Waals surface area contributed by atoms with Gasteiger partial charge >= 0.3 is 5.97 Å². The fourth-order valence-electron chi connectivity index (χ4n) is 2.19. The van der Waals surface area contributed by atoms with E-state index < -0.39 is 17.7 Å². The van der Waals surface area contributed by atoms with Crippen molar-refractivity contribution in [1.29, 1.82) is 0 Å². The van der Waals surface area contributed by atoms with Crippen molar-refractivity contribution < 1.29 is 18.7 Å². The molecule has 5 heteroatoms. The highest BCUT2D eigenvalue weighted by Gasteiger charge is 2.12. The molecule has 4 nitrogen and oxygen atoms in total. The molecule has 0 unspecified atom stereocenters. The molecule has 23 heavy (non-hydrogen) atoms. The van der Waals surface area contributed by atoms with Crippen LogP contribution >= 0.6 is 0 Å². The summed E-state index contributed by atoms with van der Waals surface area (Å²) in [5, 5.41) is 2.36. The van der Waals surface area contributed by atoms with Gasteiger partial charge in [-0.3, -0.25) is 9.59 Å². The summed E-state index contributed by atoms with van der Waals surface area (Å²) in [6, 6.07) is 5.64. The summed E-state index contributed by atoms with van der Waals surface area (Å²) >= 11 is 0. The molecule has 0 atom stereocenters. The first-order chi connectivity index (χ1) is 11.1. The quantitative estimate of drug-likeness (QED) is 0.497. The lowest BCUT2D eigenvalue weighted by Crippen LogP contribution is -2.31. The van der Waals surface area contributed by atoms with Crippen LogP contribution in [0.15, 0.2) is 24.3 Å². The first-order valence-electron chi connectivity index (χ1n) is 8.33. The SMILES string of the molecule is CCCCCCCCCOC(=O)CNC(=O)c1ccccc1F. The van der Waals surface area contributed by atoms with E-state index in [0.717, 1.165) is 19.3 Å². The fourth-order valence-corrected chi connectivity index (χ4v) is 2.19. The maximum Gasteiger partial charge on any atom is 0.325 e. The Morgan fingerprint density at radius 2 is 1.70 bits per heavy atom. The second-order valence-electron chi connectivity index (χ2n) is 5.50. The molecule has 1 aromatic rings. The van der Waals surface area contributed by atoms with Crippen LogP contribution < -0.4 is 5.32 Å². The average molecular weight is 323 g/mol. The minimum absolute atomic E-state index is 0.0765. The molecule has 1 amide bonds. The van der Waals surface area contributed by atoms with Crippen molar-refractivity contribution in [3.63, 3.8) is 0 Å². The van der Waals surface area contributed by atoms with Gasteiger partial charge in [0.25, 0.3) is 5.91 Å². The van der Waals surface area contributed by atoms with E-state index in [1.54, 1.807) is 6.07 Å². The van der Waals surface area contributed by atoms with E-state index in [4.69, 9.17) is 4.74 Å². The number of amides is 1. The van der Waals surface area contributed by atoms with E-state index in [0.29, 0.717) is 6.61 Å². The highest BCUT2D eigenvalue weighted by molar-refractivity contribution is 5.96. The number of ether oxygens (including phenoxy) is 1. The Kier molecular flexibility index (Phi) is 9.68. The van der Waals surface area contributed by atoms with Gasteiger partial charge in [0.2, 0.25) is 0 Å². The highest BCUT2D eigenvalue weighted by atomic mass is 19.1. The molecule has 0 spiro atoms. The van der Waals surface area contributed by atoms with Crippen LogP contribution in [0.25, 0.3) is 0 Å². The topological polar surface area (TPSA) is 55.4 Å². The molecule has 0 aliphatic rings. The molecule has 0 saturated heterocycles. The predicted molar refractivity (Wildman–Crippen MR) is 87.7 cm³/mol. The first-order valence-corrected chi connectivity index (χ1v) is 8.33. The molecule has 1 rings (SSSR count). The number of carbonyl (C=O) groups is 2. The zero-order valence-corrected chi connectivity index (χ0v) is 13.8. The zero-order chi connectivity index (χ0) is 16.9.